The van der Waals surface area contributed by atoms with Crippen LogP contribution in [0.5, 0.6) is 0 Å². The SMILES string of the molecule is CCc1ccc(CC)c(-c2cc(C(=O)O)ccc2C)c1. The first kappa shape index (κ1) is 14.3. The molecule has 0 atom stereocenters. The highest BCUT2D eigenvalue weighted by atomic mass is 16.4. The second-order valence-electron chi connectivity index (χ2n) is 5.03. The van der Waals surface area contributed by atoms with Gasteiger partial charge in [0.1, 0.15) is 0 Å². The maximum atomic E-state index is 11.2. The van der Waals surface area contributed by atoms with Crippen molar-refractivity contribution in [3.63, 3.8) is 0 Å². The van der Waals surface area contributed by atoms with E-state index in [4.69, 9.17) is 0 Å². The molecule has 0 unspecified atom stereocenters. The quantitative estimate of drug-likeness (QED) is 0.887. The summed E-state index contributed by atoms with van der Waals surface area (Å²) in [6, 6.07) is 11.8. The third-order valence-electron chi connectivity index (χ3n) is 3.74. The molecule has 0 aromatic heterocycles. The fourth-order valence-electron chi connectivity index (χ4n) is 2.45. The number of rotatable bonds is 4. The Labute approximate surface area is 120 Å². The Morgan fingerprint density at radius 1 is 1.00 bits per heavy atom. The molecule has 0 aliphatic heterocycles. The number of carboxylic acid groups (broad SMARTS) is 1. The number of hydrogen-bond acceptors (Lipinski definition) is 1. The molecule has 2 nitrogen and oxygen atoms in total. The van der Waals surface area contributed by atoms with Crippen LogP contribution in [0.1, 0.15) is 40.9 Å². The summed E-state index contributed by atoms with van der Waals surface area (Å²) >= 11 is 0. The topological polar surface area (TPSA) is 37.3 Å². The third kappa shape index (κ3) is 2.74. The number of aryl methyl sites for hydroxylation is 3. The van der Waals surface area contributed by atoms with Crippen LogP contribution in [0, 0.1) is 6.92 Å². The summed E-state index contributed by atoms with van der Waals surface area (Å²) in [6.07, 6.45) is 1.92. The molecule has 0 heterocycles. The number of aromatic carboxylic acids is 1. The Morgan fingerprint density at radius 3 is 2.35 bits per heavy atom. The first-order valence-corrected chi connectivity index (χ1v) is 7.03. The van der Waals surface area contributed by atoms with Crippen molar-refractivity contribution in [2.45, 2.75) is 33.6 Å². The Kier molecular flexibility index (Phi) is 4.23. The van der Waals surface area contributed by atoms with Crippen LogP contribution in [0.3, 0.4) is 0 Å². The molecule has 0 spiro atoms. The van der Waals surface area contributed by atoms with E-state index in [-0.39, 0.29) is 0 Å². The third-order valence-corrected chi connectivity index (χ3v) is 3.74. The molecule has 0 amide bonds. The molecule has 2 aromatic carbocycles. The first-order valence-electron chi connectivity index (χ1n) is 7.03. The van der Waals surface area contributed by atoms with E-state index in [1.165, 1.54) is 11.1 Å². The standard InChI is InChI=1S/C18H20O2/c1-4-13-7-9-14(5-2)17(10-13)16-11-15(18(19)20)8-6-12(16)3/h6-11H,4-5H2,1-3H3,(H,19,20). The number of benzene rings is 2. The van der Waals surface area contributed by atoms with Crippen LogP contribution < -0.4 is 0 Å². The van der Waals surface area contributed by atoms with Gasteiger partial charge in [0.2, 0.25) is 0 Å². The highest BCUT2D eigenvalue weighted by Gasteiger charge is 2.11. The lowest BCUT2D eigenvalue weighted by Crippen LogP contribution is -1.99. The molecule has 0 fully saturated rings. The van der Waals surface area contributed by atoms with Gasteiger partial charge in [-0.15, -0.1) is 0 Å². The van der Waals surface area contributed by atoms with Crippen LogP contribution in [0.4, 0.5) is 0 Å². The highest BCUT2D eigenvalue weighted by molar-refractivity contribution is 5.90. The average Bonchev–Trinajstić information content (AvgIpc) is 2.46. The Balaban J connectivity index is 2.65. The molecule has 104 valence electrons. The van der Waals surface area contributed by atoms with Gasteiger partial charge >= 0.3 is 5.97 Å². The van der Waals surface area contributed by atoms with Crippen molar-refractivity contribution in [3.05, 3.63) is 58.7 Å². The molecule has 0 radical (unpaired) electrons. The largest absolute Gasteiger partial charge is 0.478 e. The molecule has 20 heavy (non-hydrogen) atoms. The van der Waals surface area contributed by atoms with Gasteiger partial charge in [-0.05, 0) is 59.7 Å². The zero-order chi connectivity index (χ0) is 14.7. The Hall–Kier alpha value is -2.09. The highest BCUT2D eigenvalue weighted by Crippen LogP contribution is 2.29. The van der Waals surface area contributed by atoms with Crippen LogP contribution in [0.2, 0.25) is 0 Å². The van der Waals surface area contributed by atoms with Gasteiger partial charge in [-0.3, -0.25) is 0 Å². The predicted molar refractivity (Wildman–Crippen MR) is 82.3 cm³/mol. The number of carboxylic acids is 1. The minimum Gasteiger partial charge on any atom is -0.478 e. The number of hydrogen-bond donors (Lipinski definition) is 1. The van der Waals surface area contributed by atoms with Gasteiger partial charge < -0.3 is 5.11 Å². The zero-order valence-corrected chi connectivity index (χ0v) is 12.2. The molecule has 0 aliphatic rings. The molecule has 2 rings (SSSR count). The molecule has 1 N–H and O–H groups in total. The van der Waals surface area contributed by atoms with Crippen LogP contribution in [-0.2, 0) is 12.8 Å². The smallest absolute Gasteiger partial charge is 0.335 e. The van der Waals surface area contributed by atoms with E-state index in [0.717, 1.165) is 29.5 Å². The van der Waals surface area contributed by atoms with E-state index in [9.17, 15) is 9.90 Å². The van der Waals surface area contributed by atoms with E-state index in [1.807, 2.05) is 13.0 Å². The summed E-state index contributed by atoms with van der Waals surface area (Å²) in [5.41, 5.74) is 6.17. The normalized spacial score (nSPS) is 10.6. The maximum Gasteiger partial charge on any atom is 0.335 e. The lowest BCUT2D eigenvalue weighted by molar-refractivity contribution is 0.0697. The molecular formula is C18H20O2. The van der Waals surface area contributed by atoms with Crippen LogP contribution >= 0.6 is 0 Å². The van der Waals surface area contributed by atoms with E-state index >= 15 is 0 Å². The molecule has 2 aromatic rings. The summed E-state index contributed by atoms with van der Waals surface area (Å²) < 4.78 is 0. The minimum absolute atomic E-state index is 0.342. The fraction of sp³-hybridized carbons (Fsp3) is 0.278. The van der Waals surface area contributed by atoms with E-state index < -0.39 is 5.97 Å². The second-order valence-corrected chi connectivity index (χ2v) is 5.03. The average molecular weight is 268 g/mol. The Bertz CT molecular complexity index is 642. The van der Waals surface area contributed by atoms with Crippen molar-refractivity contribution in [1.29, 1.82) is 0 Å². The minimum atomic E-state index is -0.879. The number of carbonyl (C=O) groups is 1. The van der Waals surface area contributed by atoms with E-state index in [1.54, 1.807) is 12.1 Å². The van der Waals surface area contributed by atoms with Gasteiger partial charge in [0.05, 0.1) is 5.56 Å². The summed E-state index contributed by atoms with van der Waals surface area (Å²) in [6.45, 7) is 6.28. The van der Waals surface area contributed by atoms with Gasteiger partial charge in [0.15, 0.2) is 0 Å². The van der Waals surface area contributed by atoms with Crippen molar-refractivity contribution < 1.29 is 9.90 Å². The molecule has 0 aliphatic carbocycles. The summed E-state index contributed by atoms with van der Waals surface area (Å²) in [4.78, 5) is 11.2. The molecule has 0 saturated heterocycles. The van der Waals surface area contributed by atoms with Crippen molar-refractivity contribution >= 4 is 5.97 Å². The van der Waals surface area contributed by atoms with Crippen molar-refractivity contribution in [3.8, 4) is 11.1 Å². The maximum absolute atomic E-state index is 11.2. The van der Waals surface area contributed by atoms with Crippen LogP contribution in [-0.4, -0.2) is 11.1 Å². The second kappa shape index (κ2) is 5.91. The van der Waals surface area contributed by atoms with Crippen molar-refractivity contribution in [1.82, 2.24) is 0 Å². The van der Waals surface area contributed by atoms with Gasteiger partial charge in [-0.2, -0.15) is 0 Å². The fourth-order valence-corrected chi connectivity index (χ4v) is 2.45. The lowest BCUT2D eigenvalue weighted by Gasteiger charge is -2.13. The molecular weight excluding hydrogens is 248 g/mol. The molecule has 0 bridgehead atoms. The Morgan fingerprint density at radius 2 is 1.75 bits per heavy atom. The van der Waals surface area contributed by atoms with Crippen LogP contribution in [0.15, 0.2) is 36.4 Å². The first-order chi connectivity index (χ1) is 9.56. The summed E-state index contributed by atoms with van der Waals surface area (Å²) in [7, 11) is 0. The van der Waals surface area contributed by atoms with Gasteiger partial charge in [-0.1, -0.05) is 38.1 Å². The van der Waals surface area contributed by atoms with Gasteiger partial charge in [-0.25, -0.2) is 4.79 Å². The van der Waals surface area contributed by atoms with Crippen molar-refractivity contribution in [2.75, 3.05) is 0 Å². The lowest BCUT2D eigenvalue weighted by atomic mass is 9.91. The molecule has 2 heteroatoms. The summed E-state index contributed by atoms with van der Waals surface area (Å²) in [5.74, 6) is -0.879. The van der Waals surface area contributed by atoms with E-state index in [0.29, 0.717) is 5.56 Å². The van der Waals surface area contributed by atoms with E-state index in [2.05, 4.69) is 32.0 Å². The van der Waals surface area contributed by atoms with Crippen LogP contribution in [0.25, 0.3) is 11.1 Å². The van der Waals surface area contributed by atoms with Gasteiger partial charge in [0, 0.05) is 0 Å². The van der Waals surface area contributed by atoms with Gasteiger partial charge in [0.25, 0.3) is 0 Å². The summed E-state index contributed by atoms with van der Waals surface area (Å²) in [5, 5.41) is 9.17. The predicted octanol–water partition coefficient (Wildman–Crippen LogP) is 4.49. The molecule has 0 saturated carbocycles. The zero-order valence-electron chi connectivity index (χ0n) is 12.2. The monoisotopic (exact) mass is 268 g/mol. The van der Waals surface area contributed by atoms with Crippen molar-refractivity contribution in [2.24, 2.45) is 0 Å².